The predicted octanol–water partition coefficient (Wildman–Crippen LogP) is 1.97. The normalized spacial score (nSPS) is 10.8. The summed E-state index contributed by atoms with van der Waals surface area (Å²) >= 11 is 2.80. The molecule has 3 heterocycles. The van der Waals surface area contributed by atoms with Crippen molar-refractivity contribution in [2.24, 2.45) is 0 Å². The number of thiazole rings is 1. The van der Waals surface area contributed by atoms with Gasteiger partial charge in [0.05, 0.1) is 18.4 Å². The second-order valence-corrected chi connectivity index (χ2v) is 6.46. The van der Waals surface area contributed by atoms with Gasteiger partial charge >= 0.3 is 0 Å². The van der Waals surface area contributed by atoms with Gasteiger partial charge in [-0.1, -0.05) is 0 Å². The first-order valence-electron chi connectivity index (χ1n) is 5.84. The molecule has 102 valence electrons. The average molecular weight is 305 g/mol. The fraction of sp³-hybridized carbons (Fsp3) is 0.167. The molecule has 0 unspecified atom stereocenters. The quantitative estimate of drug-likeness (QED) is 0.771. The number of aryl methyl sites for hydroxylation is 1. The summed E-state index contributed by atoms with van der Waals surface area (Å²) in [7, 11) is 0. The zero-order chi connectivity index (χ0) is 14.1. The van der Waals surface area contributed by atoms with Crippen molar-refractivity contribution in [3.8, 4) is 0 Å². The number of nitrogens with zero attached hydrogens (tertiary/aromatic N) is 3. The van der Waals surface area contributed by atoms with Crippen LogP contribution in [-0.2, 0) is 6.54 Å². The number of anilines is 1. The molecule has 1 amide bonds. The van der Waals surface area contributed by atoms with Crippen LogP contribution in [0.25, 0.3) is 10.2 Å². The maximum atomic E-state index is 12.2. The van der Waals surface area contributed by atoms with Crippen molar-refractivity contribution in [1.29, 1.82) is 0 Å². The molecule has 0 radical (unpaired) electrons. The third kappa shape index (κ3) is 2.35. The number of amides is 1. The van der Waals surface area contributed by atoms with Crippen LogP contribution < -0.4 is 11.1 Å². The summed E-state index contributed by atoms with van der Waals surface area (Å²) in [6.07, 6.45) is 3.35. The molecule has 0 aromatic carbocycles. The Morgan fingerprint density at radius 2 is 2.30 bits per heavy atom. The molecule has 0 saturated carbocycles. The van der Waals surface area contributed by atoms with Crippen molar-refractivity contribution < 1.29 is 4.79 Å². The number of aromatic nitrogens is 3. The number of nitrogens with one attached hydrogen (secondary N) is 1. The third-order valence-electron chi connectivity index (χ3n) is 2.70. The van der Waals surface area contributed by atoms with E-state index in [9.17, 15) is 4.79 Å². The fourth-order valence-corrected chi connectivity index (χ4v) is 3.44. The molecule has 3 aromatic rings. The van der Waals surface area contributed by atoms with E-state index >= 15 is 0 Å². The maximum absolute atomic E-state index is 12.2. The van der Waals surface area contributed by atoms with E-state index in [0.29, 0.717) is 21.9 Å². The molecule has 8 heteroatoms. The van der Waals surface area contributed by atoms with Crippen LogP contribution in [0.2, 0.25) is 0 Å². The smallest absolute Gasteiger partial charge is 0.263 e. The molecule has 3 N–H and O–H groups in total. The second kappa shape index (κ2) is 5.14. The number of hydrogen-bond donors (Lipinski definition) is 2. The minimum Gasteiger partial charge on any atom is -0.397 e. The Bertz CT molecular complexity index is 779. The van der Waals surface area contributed by atoms with E-state index in [4.69, 9.17) is 5.73 Å². The van der Waals surface area contributed by atoms with E-state index in [0.717, 1.165) is 15.3 Å². The summed E-state index contributed by atoms with van der Waals surface area (Å²) in [5.74, 6) is -0.210. The molecule has 6 nitrogen and oxygen atoms in total. The van der Waals surface area contributed by atoms with Crippen molar-refractivity contribution in [1.82, 2.24) is 20.5 Å². The second-order valence-electron chi connectivity index (χ2n) is 4.14. The molecular formula is C12H11N5OS2. The topological polar surface area (TPSA) is 93.8 Å². The first-order chi connectivity index (χ1) is 9.65. The van der Waals surface area contributed by atoms with Crippen LogP contribution in [0.4, 0.5) is 5.69 Å². The van der Waals surface area contributed by atoms with Gasteiger partial charge in [0, 0.05) is 16.5 Å². The summed E-state index contributed by atoms with van der Waals surface area (Å²) in [5.41, 5.74) is 6.43. The van der Waals surface area contributed by atoms with Crippen LogP contribution in [0.3, 0.4) is 0 Å². The zero-order valence-electron chi connectivity index (χ0n) is 10.6. The van der Waals surface area contributed by atoms with Crippen molar-refractivity contribution in [3.05, 3.63) is 33.2 Å². The summed E-state index contributed by atoms with van der Waals surface area (Å²) < 4.78 is 0. The van der Waals surface area contributed by atoms with Gasteiger partial charge in [0.1, 0.15) is 14.7 Å². The summed E-state index contributed by atoms with van der Waals surface area (Å²) in [4.78, 5) is 18.6. The number of fused-ring (bicyclic) bond motifs is 1. The highest BCUT2D eigenvalue weighted by Crippen LogP contribution is 2.31. The Hall–Kier alpha value is -2.06. The first-order valence-corrected chi connectivity index (χ1v) is 7.47. The number of nitrogens with two attached hydrogens (primary N) is 1. The average Bonchev–Trinajstić information content (AvgIpc) is 3.01. The SMILES string of the molecule is Cc1cnc(CNC(=O)c2sc3nnccc3c2N)s1. The Morgan fingerprint density at radius 3 is 3.00 bits per heavy atom. The van der Waals surface area contributed by atoms with Crippen LogP contribution >= 0.6 is 22.7 Å². The zero-order valence-corrected chi connectivity index (χ0v) is 12.2. The molecule has 3 aromatic heterocycles. The van der Waals surface area contributed by atoms with Crippen molar-refractivity contribution >= 4 is 44.5 Å². The van der Waals surface area contributed by atoms with Gasteiger partial charge < -0.3 is 11.1 Å². The van der Waals surface area contributed by atoms with Crippen LogP contribution in [0.1, 0.15) is 19.6 Å². The molecule has 3 rings (SSSR count). The molecular weight excluding hydrogens is 294 g/mol. The largest absolute Gasteiger partial charge is 0.397 e. The minimum absolute atomic E-state index is 0.210. The first kappa shape index (κ1) is 12.9. The lowest BCUT2D eigenvalue weighted by Gasteiger charge is -2.01. The summed E-state index contributed by atoms with van der Waals surface area (Å²) in [5, 5.41) is 12.2. The van der Waals surface area contributed by atoms with Crippen LogP contribution in [-0.4, -0.2) is 21.1 Å². The lowest BCUT2D eigenvalue weighted by atomic mass is 10.3. The van der Waals surface area contributed by atoms with Gasteiger partial charge in [-0.25, -0.2) is 4.98 Å². The Labute approximate surface area is 122 Å². The molecule has 0 atom stereocenters. The standard InChI is InChI=1S/C12H11N5OS2/c1-6-4-14-8(19-6)5-15-11(18)10-9(13)7-2-3-16-17-12(7)20-10/h2-4H,5,13H2,1H3,(H,15,18). The van der Waals surface area contributed by atoms with Gasteiger partial charge in [-0.3, -0.25) is 4.79 Å². The number of carbonyl (C=O) groups excluding carboxylic acids is 1. The fourth-order valence-electron chi connectivity index (χ4n) is 1.76. The van der Waals surface area contributed by atoms with Gasteiger partial charge in [-0.15, -0.1) is 27.8 Å². The Kier molecular flexibility index (Phi) is 3.33. The molecule has 0 fully saturated rings. The van der Waals surface area contributed by atoms with Gasteiger partial charge in [0.2, 0.25) is 0 Å². The Morgan fingerprint density at radius 1 is 1.45 bits per heavy atom. The number of rotatable bonds is 3. The van der Waals surface area contributed by atoms with E-state index in [1.54, 1.807) is 29.8 Å². The highest BCUT2D eigenvalue weighted by Gasteiger charge is 2.17. The van der Waals surface area contributed by atoms with Crippen molar-refractivity contribution in [2.75, 3.05) is 5.73 Å². The molecule has 0 aliphatic heterocycles. The third-order valence-corrected chi connectivity index (χ3v) is 4.71. The molecule has 0 aliphatic rings. The lowest BCUT2D eigenvalue weighted by molar-refractivity contribution is 0.0956. The van der Waals surface area contributed by atoms with Gasteiger partial charge in [0.15, 0.2) is 0 Å². The summed E-state index contributed by atoms with van der Waals surface area (Å²) in [6, 6.07) is 1.76. The van der Waals surface area contributed by atoms with Gasteiger partial charge in [0.25, 0.3) is 5.91 Å². The maximum Gasteiger partial charge on any atom is 0.263 e. The van der Waals surface area contributed by atoms with Gasteiger partial charge in [-0.2, -0.15) is 5.10 Å². The highest BCUT2D eigenvalue weighted by atomic mass is 32.1. The summed E-state index contributed by atoms with van der Waals surface area (Å²) in [6.45, 7) is 2.38. The minimum atomic E-state index is -0.210. The molecule has 0 spiro atoms. The number of hydrogen-bond acceptors (Lipinski definition) is 7. The Balaban J connectivity index is 1.80. The number of thiophene rings is 1. The monoisotopic (exact) mass is 305 g/mol. The molecule has 0 saturated heterocycles. The molecule has 0 bridgehead atoms. The van der Waals surface area contributed by atoms with Crippen LogP contribution in [0, 0.1) is 6.92 Å². The van der Waals surface area contributed by atoms with Crippen molar-refractivity contribution in [2.45, 2.75) is 13.5 Å². The van der Waals surface area contributed by atoms with Crippen LogP contribution in [0.15, 0.2) is 18.5 Å². The van der Waals surface area contributed by atoms with E-state index in [-0.39, 0.29) is 5.91 Å². The highest BCUT2D eigenvalue weighted by molar-refractivity contribution is 7.21. The van der Waals surface area contributed by atoms with E-state index in [1.165, 1.54) is 11.3 Å². The van der Waals surface area contributed by atoms with E-state index in [1.807, 2.05) is 6.92 Å². The number of nitrogen functional groups attached to an aromatic ring is 1. The van der Waals surface area contributed by atoms with Crippen molar-refractivity contribution in [3.63, 3.8) is 0 Å². The van der Waals surface area contributed by atoms with E-state index in [2.05, 4.69) is 20.5 Å². The molecule has 20 heavy (non-hydrogen) atoms. The van der Waals surface area contributed by atoms with Gasteiger partial charge in [-0.05, 0) is 13.0 Å². The van der Waals surface area contributed by atoms with E-state index < -0.39 is 0 Å². The lowest BCUT2D eigenvalue weighted by Crippen LogP contribution is -2.22. The van der Waals surface area contributed by atoms with Crippen LogP contribution in [0.5, 0.6) is 0 Å². The predicted molar refractivity (Wildman–Crippen MR) is 79.8 cm³/mol. The molecule has 0 aliphatic carbocycles. The number of carbonyl (C=O) groups is 1.